The van der Waals surface area contributed by atoms with Crippen LogP contribution in [0.4, 0.5) is 5.95 Å². The van der Waals surface area contributed by atoms with Crippen LogP contribution < -0.4 is 11.4 Å². The number of esters is 2. The molecule has 4 rings (SSSR count). The molecule has 0 bridgehead atoms. The van der Waals surface area contributed by atoms with Crippen molar-refractivity contribution in [3.8, 4) is 0 Å². The van der Waals surface area contributed by atoms with E-state index in [9.17, 15) is 14.4 Å². The summed E-state index contributed by atoms with van der Waals surface area (Å²) in [5.41, 5.74) is 6.95. The lowest BCUT2D eigenvalue weighted by molar-refractivity contribution is -0.183. The van der Waals surface area contributed by atoms with Gasteiger partial charge in [0.05, 0.1) is 19.2 Å². The van der Waals surface area contributed by atoms with E-state index in [1.54, 1.807) is 6.92 Å². The first-order valence-electron chi connectivity index (χ1n) is 9.63. The van der Waals surface area contributed by atoms with Crippen LogP contribution in [0.1, 0.15) is 38.5 Å². The predicted molar refractivity (Wildman–Crippen MR) is 110 cm³/mol. The second kappa shape index (κ2) is 8.47. The molecule has 0 aromatic carbocycles. The average molecular weight is 447 g/mol. The molecule has 0 radical (unpaired) electrons. The zero-order valence-corrected chi connectivity index (χ0v) is 17.7. The van der Waals surface area contributed by atoms with Crippen molar-refractivity contribution >= 4 is 40.4 Å². The monoisotopic (exact) mass is 447 g/mol. The summed E-state index contributed by atoms with van der Waals surface area (Å²) in [5, 5.41) is 3.85. The molecule has 31 heavy (non-hydrogen) atoms. The highest BCUT2D eigenvalue weighted by Gasteiger charge is 2.43. The third-order valence-electron chi connectivity index (χ3n) is 4.80. The van der Waals surface area contributed by atoms with Crippen LogP contribution in [0.2, 0.25) is 0 Å². The van der Waals surface area contributed by atoms with E-state index < -0.39 is 36.3 Å². The maximum absolute atomic E-state index is 13.4. The van der Waals surface area contributed by atoms with E-state index in [2.05, 4.69) is 9.97 Å². The Morgan fingerprint density at radius 3 is 2.87 bits per heavy atom. The largest absolute Gasteiger partial charge is 0.457 e. The van der Waals surface area contributed by atoms with Gasteiger partial charge in [-0.25, -0.2) is 14.3 Å². The molecule has 0 unspecified atom stereocenters. The lowest BCUT2D eigenvalue weighted by Gasteiger charge is -2.19. The van der Waals surface area contributed by atoms with Crippen molar-refractivity contribution in [3.05, 3.63) is 39.1 Å². The molecule has 1 fully saturated rings. The SMILES string of the molecule is CCC(=O)O[C@H]1C[C@@H](OC(C)=O)[C@H](n2c(=O)n(Cc3ccsc3)c3cnc(N)nc32)O1. The van der Waals surface area contributed by atoms with Gasteiger partial charge in [0.2, 0.25) is 12.2 Å². The Labute approximate surface area is 180 Å². The van der Waals surface area contributed by atoms with Crippen LogP contribution in [-0.2, 0) is 30.3 Å². The summed E-state index contributed by atoms with van der Waals surface area (Å²) in [6.07, 6.45) is -1.17. The number of nitrogens with zero attached hydrogens (tertiary/aromatic N) is 4. The van der Waals surface area contributed by atoms with Crippen LogP contribution in [0.3, 0.4) is 0 Å². The van der Waals surface area contributed by atoms with E-state index in [-0.39, 0.29) is 31.0 Å². The first-order chi connectivity index (χ1) is 14.9. The zero-order chi connectivity index (χ0) is 22.1. The molecule has 4 heterocycles. The third-order valence-corrected chi connectivity index (χ3v) is 5.53. The summed E-state index contributed by atoms with van der Waals surface area (Å²) < 4.78 is 19.2. The molecule has 1 aliphatic rings. The van der Waals surface area contributed by atoms with E-state index in [0.717, 1.165) is 5.56 Å². The number of nitrogens with two attached hydrogens (primary N) is 1. The van der Waals surface area contributed by atoms with Crippen molar-refractivity contribution in [3.63, 3.8) is 0 Å². The number of aromatic nitrogens is 4. The first kappa shape index (κ1) is 21.0. The molecule has 164 valence electrons. The molecule has 1 aliphatic heterocycles. The van der Waals surface area contributed by atoms with Crippen LogP contribution in [0, 0.1) is 0 Å². The minimum atomic E-state index is -1.05. The second-order valence-electron chi connectivity index (χ2n) is 6.99. The predicted octanol–water partition coefficient (Wildman–Crippen LogP) is 1.41. The molecule has 3 aromatic heterocycles. The highest BCUT2D eigenvalue weighted by molar-refractivity contribution is 7.07. The Morgan fingerprint density at radius 2 is 2.19 bits per heavy atom. The van der Waals surface area contributed by atoms with Crippen molar-refractivity contribution in [1.29, 1.82) is 0 Å². The van der Waals surface area contributed by atoms with Gasteiger partial charge in [-0.3, -0.25) is 14.2 Å². The van der Waals surface area contributed by atoms with Gasteiger partial charge in [-0.15, -0.1) is 0 Å². The number of rotatable bonds is 6. The van der Waals surface area contributed by atoms with Crippen molar-refractivity contribution in [1.82, 2.24) is 19.1 Å². The number of carbonyl (C=O) groups is 2. The van der Waals surface area contributed by atoms with Crippen molar-refractivity contribution in [2.24, 2.45) is 0 Å². The molecule has 2 N–H and O–H groups in total. The van der Waals surface area contributed by atoms with Gasteiger partial charge in [0, 0.05) is 13.3 Å². The molecular weight excluding hydrogens is 426 g/mol. The number of anilines is 1. The van der Waals surface area contributed by atoms with E-state index in [1.807, 2.05) is 16.8 Å². The van der Waals surface area contributed by atoms with Crippen LogP contribution in [-0.4, -0.2) is 43.4 Å². The number of hydrogen-bond acceptors (Lipinski definition) is 10. The highest BCUT2D eigenvalue weighted by atomic mass is 32.1. The quantitative estimate of drug-likeness (QED) is 0.555. The van der Waals surface area contributed by atoms with Crippen molar-refractivity contribution in [2.75, 3.05) is 5.73 Å². The Morgan fingerprint density at radius 1 is 1.39 bits per heavy atom. The van der Waals surface area contributed by atoms with Crippen molar-refractivity contribution in [2.45, 2.75) is 51.9 Å². The van der Waals surface area contributed by atoms with Gasteiger partial charge >= 0.3 is 17.6 Å². The number of nitrogen functional groups attached to an aromatic ring is 1. The van der Waals surface area contributed by atoms with E-state index in [4.69, 9.17) is 19.9 Å². The number of carbonyl (C=O) groups excluding carboxylic acids is 2. The van der Waals surface area contributed by atoms with Crippen LogP contribution in [0.25, 0.3) is 11.2 Å². The summed E-state index contributed by atoms with van der Waals surface area (Å²) in [5.74, 6) is -1.04. The molecule has 3 aromatic rings. The van der Waals surface area contributed by atoms with Gasteiger partial charge in [-0.2, -0.15) is 16.3 Å². The standard InChI is InChI=1S/C19H21N5O6S/c1-3-14(26)29-15-6-13(28-10(2)25)17(30-15)24-16-12(7-21-18(20)22-16)23(19(24)27)8-11-4-5-31-9-11/h4-5,7,9,13,15,17H,3,6,8H2,1-2H3,(H2,20,21,22)/t13-,15-,17-/m1/s1. The second-order valence-corrected chi connectivity index (χ2v) is 7.77. The highest BCUT2D eigenvalue weighted by Crippen LogP contribution is 2.33. The molecule has 0 spiro atoms. The van der Waals surface area contributed by atoms with E-state index >= 15 is 0 Å². The maximum Gasteiger partial charge on any atom is 0.332 e. The van der Waals surface area contributed by atoms with Gasteiger partial charge < -0.3 is 19.9 Å². The summed E-state index contributed by atoms with van der Waals surface area (Å²) in [6, 6.07) is 1.91. The zero-order valence-electron chi connectivity index (χ0n) is 16.9. The number of fused-ring (bicyclic) bond motifs is 1. The van der Waals surface area contributed by atoms with Gasteiger partial charge in [0.25, 0.3) is 0 Å². The third kappa shape index (κ3) is 4.16. The average Bonchev–Trinajstić information content (AvgIpc) is 3.42. The van der Waals surface area contributed by atoms with Crippen LogP contribution >= 0.6 is 11.3 Å². The fourth-order valence-electron chi connectivity index (χ4n) is 3.48. The van der Waals surface area contributed by atoms with Gasteiger partial charge in [-0.05, 0) is 22.4 Å². The number of imidazole rings is 1. The van der Waals surface area contributed by atoms with Crippen LogP contribution in [0.5, 0.6) is 0 Å². The number of ether oxygens (including phenoxy) is 3. The Balaban J connectivity index is 1.80. The molecular formula is C19H21N5O6S. The molecule has 3 atom stereocenters. The molecule has 0 amide bonds. The number of thiophene rings is 1. The molecule has 11 nitrogen and oxygen atoms in total. The lowest BCUT2D eigenvalue weighted by Crippen LogP contribution is -2.33. The molecule has 0 aliphatic carbocycles. The Bertz CT molecular complexity index is 1170. The fourth-order valence-corrected chi connectivity index (χ4v) is 4.14. The lowest BCUT2D eigenvalue weighted by atomic mass is 10.2. The number of hydrogen-bond donors (Lipinski definition) is 1. The van der Waals surface area contributed by atoms with Gasteiger partial charge in [-0.1, -0.05) is 6.92 Å². The minimum Gasteiger partial charge on any atom is -0.457 e. The van der Waals surface area contributed by atoms with Crippen molar-refractivity contribution < 1.29 is 23.8 Å². The summed E-state index contributed by atoms with van der Waals surface area (Å²) in [4.78, 5) is 45.0. The van der Waals surface area contributed by atoms with E-state index in [0.29, 0.717) is 5.52 Å². The van der Waals surface area contributed by atoms with Gasteiger partial charge in [0.1, 0.15) is 5.52 Å². The Kier molecular flexibility index (Phi) is 5.74. The van der Waals surface area contributed by atoms with E-state index in [1.165, 1.54) is 33.6 Å². The molecule has 12 heteroatoms. The topological polar surface area (TPSA) is 141 Å². The van der Waals surface area contributed by atoms with Gasteiger partial charge in [0.15, 0.2) is 18.0 Å². The molecule has 1 saturated heterocycles. The normalized spacial score (nSPS) is 20.8. The smallest absolute Gasteiger partial charge is 0.332 e. The minimum absolute atomic E-state index is 0.0232. The summed E-state index contributed by atoms with van der Waals surface area (Å²) in [7, 11) is 0. The maximum atomic E-state index is 13.4. The van der Waals surface area contributed by atoms with Crippen LogP contribution in [0.15, 0.2) is 27.8 Å². The summed E-state index contributed by atoms with van der Waals surface area (Å²) in [6.45, 7) is 3.20. The first-order valence-corrected chi connectivity index (χ1v) is 10.6. The fraction of sp³-hybridized carbons (Fsp3) is 0.421. The Hall–Kier alpha value is -3.25. The molecule has 0 saturated carbocycles. The summed E-state index contributed by atoms with van der Waals surface area (Å²) >= 11 is 1.52.